The number of anilines is 1. The number of amides is 1. The third-order valence-corrected chi connectivity index (χ3v) is 1.95. The molecule has 17 heavy (non-hydrogen) atoms. The summed E-state index contributed by atoms with van der Waals surface area (Å²) < 4.78 is 28.0. The SMILES string of the molecule is Nc1ccc(C(=O)NCCOCC(F)F)cc1. The van der Waals surface area contributed by atoms with E-state index in [2.05, 4.69) is 10.1 Å². The number of hydrogen-bond donors (Lipinski definition) is 2. The molecule has 1 aromatic carbocycles. The predicted molar refractivity (Wildman–Crippen MR) is 60.0 cm³/mol. The van der Waals surface area contributed by atoms with E-state index in [1.54, 1.807) is 24.3 Å². The Bertz CT molecular complexity index is 355. The van der Waals surface area contributed by atoms with Crippen LogP contribution in [0, 0.1) is 0 Å². The van der Waals surface area contributed by atoms with Gasteiger partial charge in [0.2, 0.25) is 0 Å². The molecule has 0 aliphatic carbocycles. The number of benzene rings is 1. The minimum atomic E-state index is -2.48. The number of nitrogens with two attached hydrogens (primary N) is 1. The second-order valence-electron chi connectivity index (χ2n) is 3.34. The summed E-state index contributed by atoms with van der Waals surface area (Å²) in [4.78, 5) is 11.5. The highest BCUT2D eigenvalue weighted by atomic mass is 19.3. The Hall–Kier alpha value is -1.69. The molecular formula is C11H14F2N2O2. The van der Waals surface area contributed by atoms with Gasteiger partial charge in [-0.1, -0.05) is 0 Å². The molecule has 4 nitrogen and oxygen atoms in total. The molecule has 0 radical (unpaired) electrons. The number of nitrogens with one attached hydrogen (secondary N) is 1. The van der Waals surface area contributed by atoms with E-state index in [1.807, 2.05) is 0 Å². The topological polar surface area (TPSA) is 64.4 Å². The number of nitrogen functional groups attached to an aromatic ring is 1. The fourth-order valence-corrected chi connectivity index (χ4v) is 1.15. The van der Waals surface area contributed by atoms with Crippen molar-refractivity contribution in [3.63, 3.8) is 0 Å². The highest BCUT2D eigenvalue weighted by Gasteiger charge is 2.05. The van der Waals surface area contributed by atoms with Crippen LogP contribution in [0.4, 0.5) is 14.5 Å². The van der Waals surface area contributed by atoms with E-state index in [4.69, 9.17) is 5.73 Å². The standard InChI is InChI=1S/C11H14F2N2O2/c12-10(13)7-17-6-5-15-11(16)8-1-3-9(14)4-2-8/h1-4,10H,5-7,14H2,(H,15,16). The van der Waals surface area contributed by atoms with Gasteiger partial charge in [0, 0.05) is 17.8 Å². The Kier molecular flexibility index (Phi) is 5.35. The van der Waals surface area contributed by atoms with Gasteiger partial charge in [-0.05, 0) is 24.3 Å². The fraction of sp³-hybridized carbons (Fsp3) is 0.364. The van der Waals surface area contributed by atoms with Gasteiger partial charge in [0.25, 0.3) is 12.3 Å². The van der Waals surface area contributed by atoms with E-state index in [1.165, 1.54) is 0 Å². The lowest BCUT2D eigenvalue weighted by molar-refractivity contribution is 0.0188. The van der Waals surface area contributed by atoms with Crippen LogP contribution in [0.2, 0.25) is 0 Å². The van der Waals surface area contributed by atoms with Crippen LogP contribution in [0.1, 0.15) is 10.4 Å². The van der Waals surface area contributed by atoms with Gasteiger partial charge in [-0.2, -0.15) is 0 Å². The van der Waals surface area contributed by atoms with Crippen LogP contribution in [0.25, 0.3) is 0 Å². The lowest BCUT2D eigenvalue weighted by Gasteiger charge is -2.06. The number of rotatable bonds is 6. The van der Waals surface area contributed by atoms with Crippen molar-refractivity contribution in [2.75, 3.05) is 25.5 Å². The normalized spacial score (nSPS) is 10.5. The molecule has 0 heterocycles. The minimum absolute atomic E-state index is 0.0606. The molecule has 1 rings (SSSR count). The Morgan fingerprint density at radius 1 is 1.35 bits per heavy atom. The van der Waals surface area contributed by atoms with Gasteiger partial charge in [0.1, 0.15) is 6.61 Å². The lowest BCUT2D eigenvalue weighted by atomic mass is 10.2. The van der Waals surface area contributed by atoms with Gasteiger partial charge in [0.15, 0.2) is 0 Å². The molecule has 0 aliphatic heterocycles. The summed E-state index contributed by atoms with van der Waals surface area (Å²) in [7, 11) is 0. The van der Waals surface area contributed by atoms with E-state index >= 15 is 0 Å². The molecule has 0 aliphatic rings. The highest BCUT2D eigenvalue weighted by molar-refractivity contribution is 5.94. The van der Waals surface area contributed by atoms with E-state index in [0.29, 0.717) is 11.3 Å². The molecule has 0 unspecified atom stereocenters. The second-order valence-corrected chi connectivity index (χ2v) is 3.34. The molecule has 3 N–H and O–H groups in total. The van der Waals surface area contributed by atoms with Crippen molar-refractivity contribution in [3.05, 3.63) is 29.8 Å². The fourth-order valence-electron chi connectivity index (χ4n) is 1.15. The van der Waals surface area contributed by atoms with Gasteiger partial charge >= 0.3 is 0 Å². The maximum absolute atomic E-state index is 11.7. The number of halogens is 2. The Morgan fingerprint density at radius 3 is 2.59 bits per heavy atom. The molecule has 1 amide bonds. The van der Waals surface area contributed by atoms with Gasteiger partial charge < -0.3 is 15.8 Å². The summed E-state index contributed by atoms with van der Waals surface area (Å²) in [5, 5.41) is 2.54. The number of carbonyl (C=O) groups excluding carboxylic acids is 1. The van der Waals surface area contributed by atoms with Crippen molar-refractivity contribution in [1.82, 2.24) is 5.32 Å². The number of alkyl halides is 2. The average molecular weight is 244 g/mol. The van der Waals surface area contributed by atoms with Crippen molar-refractivity contribution < 1.29 is 18.3 Å². The molecule has 1 aromatic rings. The number of carbonyl (C=O) groups is 1. The first kappa shape index (κ1) is 13.4. The van der Waals surface area contributed by atoms with Crippen LogP contribution in [0.15, 0.2) is 24.3 Å². The zero-order valence-corrected chi connectivity index (χ0v) is 9.16. The zero-order valence-electron chi connectivity index (χ0n) is 9.16. The quantitative estimate of drug-likeness (QED) is 0.585. The van der Waals surface area contributed by atoms with E-state index in [-0.39, 0.29) is 19.1 Å². The Balaban J connectivity index is 2.23. The Labute approximate surface area is 97.8 Å². The number of hydrogen-bond acceptors (Lipinski definition) is 3. The minimum Gasteiger partial charge on any atom is -0.399 e. The Morgan fingerprint density at radius 2 is 2.00 bits per heavy atom. The molecule has 0 atom stereocenters. The van der Waals surface area contributed by atoms with Gasteiger partial charge in [0.05, 0.1) is 6.61 Å². The van der Waals surface area contributed by atoms with Crippen LogP contribution in [0.3, 0.4) is 0 Å². The van der Waals surface area contributed by atoms with Crippen molar-refractivity contribution in [2.24, 2.45) is 0 Å². The molecule has 0 saturated carbocycles. The molecule has 6 heteroatoms. The zero-order chi connectivity index (χ0) is 12.7. The second kappa shape index (κ2) is 6.80. The maximum atomic E-state index is 11.7. The van der Waals surface area contributed by atoms with E-state index in [9.17, 15) is 13.6 Å². The first-order chi connectivity index (χ1) is 8.09. The predicted octanol–water partition coefficient (Wildman–Crippen LogP) is 1.28. The van der Waals surface area contributed by atoms with Crippen LogP contribution < -0.4 is 11.1 Å². The van der Waals surface area contributed by atoms with Gasteiger partial charge in [-0.15, -0.1) is 0 Å². The molecule has 0 bridgehead atoms. The van der Waals surface area contributed by atoms with Gasteiger partial charge in [-0.25, -0.2) is 8.78 Å². The number of ether oxygens (including phenoxy) is 1. The van der Waals surface area contributed by atoms with E-state index in [0.717, 1.165) is 0 Å². The summed E-state index contributed by atoms with van der Waals surface area (Å²) in [6.45, 7) is -0.362. The monoisotopic (exact) mass is 244 g/mol. The maximum Gasteiger partial charge on any atom is 0.261 e. The highest BCUT2D eigenvalue weighted by Crippen LogP contribution is 2.04. The summed E-state index contributed by atoms with van der Waals surface area (Å²) in [5.74, 6) is -0.286. The molecule has 94 valence electrons. The molecule has 0 spiro atoms. The largest absolute Gasteiger partial charge is 0.399 e. The summed E-state index contributed by atoms with van der Waals surface area (Å²) >= 11 is 0. The summed E-state index contributed by atoms with van der Waals surface area (Å²) in [6.07, 6.45) is -2.48. The molecule has 0 fully saturated rings. The smallest absolute Gasteiger partial charge is 0.261 e. The van der Waals surface area contributed by atoms with Gasteiger partial charge in [-0.3, -0.25) is 4.79 Å². The third-order valence-electron chi connectivity index (χ3n) is 1.95. The van der Waals surface area contributed by atoms with Crippen LogP contribution in [-0.4, -0.2) is 32.1 Å². The van der Waals surface area contributed by atoms with Crippen LogP contribution >= 0.6 is 0 Å². The van der Waals surface area contributed by atoms with Crippen molar-refractivity contribution in [3.8, 4) is 0 Å². The van der Waals surface area contributed by atoms with Crippen LogP contribution in [-0.2, 0) is 4.74 Å². The summed E-state index contributed by atoms with van der Waals surface area (Å²) in [5.41, 5.74) is 6.51. The molecular weight excluding hydrogens is 230 g/mol. The average Bonchev–Trinajstić information content (AvgIpc) is 2.29. The van der Waals surface area contributed by atoms with Crippen molar-refractivity contribution in [2.45, 2.75) is 6.43 Å². The van der Waals surface area contributed by atoms with Crippen molar-refractivity contribution in [1.29, 1.82) is 0 Å². The molecule has 0 saturated heterocycles. The molecule has 0 aromatic heterocycles. The van der Waals surface area contributed by atoms with Crippen LogP contribution in [0.5, 0.6) is 0 Å². The van der Waals surface area contributed by atoms with Crippen molar-refractivity contribution >= 4 is 11.6 Å². The first-order valence-corrected chi connectivity index (χ1v) is 5.09. The van der Waals surface area contributed by atoms with E-state index < -0.39 is 13.0 Å². The first-order valence-electron chi connectivity index (χ1n) is 5.09. The summed E-state index contributed by atoms with van der Waals surface area (Å²) in [6, 6.07) is 6.40. The lowest BCUT2D eigenvalue weighted by Crippen LogP contribution is -2.27. The third kappa shape index (κ3) is 5.26.